The van der Waals surface area contributed by atoms with Crippen molar-refractivity contribution in [2.45, 2.75) is 12.0 Å². The van der Waals surface area contributed by atoms with Crippen molar-refractivity contribution in [3.8, 4) is 11.5 Å². The number of fused-ring (bicyclic) bond motifs is 3. The zero-order valence-corrected chi connectivity index (χ0v) is 19.6. The van der Waals surface area contributed by atoms with E-state index >= 15 is 0 Å². The lowest BCUT2D eigenvalue weighted by Crippen LogP contribution is -2.57. The lowest BCUT2D eigenvalue weighted by molar-refractivity contribution is -0.122. The van der Waals surface area contributed by atoms with E-state index in [0.717, 1.165) is 0 Å². The Morgan fingerprint density at radius 2 is 2.00 bits per heavy atom. The maximum atomic E-state index is 13.7. The van der Waals surface area contributed by atoms with Crippen LogP contribution in [0.1, 0.15) is 22.3 Å². The first kappa shape index (κ1) is 21.6. The van der Waals surface area contributed by atoms with Crippen LogP contribution in [-0.4, -0.2) is 47.5 Å². The second-order valence-electron chi connectivity index (χ2n) is 8.70. The van der Waals surface area contributed by atoms with Gasteiger partial charge >= 0.3 is 0 Å². The number of aromatic amines is 1. The van der Waals surface area contributed by atoms with Crippen LogP contribution >= 0.6 is 11.6 Å². The van der Waals surface area contributed by atoms with Gasteiger partial charge in [-0.05, 0) is 24.3 Å². The minimum Gasteiger partial charge on any atom is -0.457 e. The monoisotopic (exact) mass is 488 g/mol. The number of hydrogen-bond acceptors (Lipinski definition) is 6. The van der Waals surface area contributed by atoms with Gasteiger partial charge in [0.15, 0.2) is 5.78 Å². The number of anilines is 2. The molecule has 35 heavy (non-hydrogen) atoms. The third-order valence-corrected chi connectivity index (χ3v) is 6.86. The minimum absolute atomic E-state index is 0.0795. The molecule has 9 heteroatoms. The Morgan fingerprint density at radius 1 is 1.17 bits per heavy atom. The number of hydrogen-bond donors (Lipinski definition) is 2. The average molecular weight is 489 g/mol. The van der Waals surface area contributed by atoms with Crippen LogP contribution in [0.15, 0.2) is 60.9 Å². The number of nitrogens with zero attached hydrogens (tertiary/aromatic N) is 2. The van der Waals surface area contributed by atoms with Crippen molar-refractivity contribution in [2.24, 2.45) is 0 Å². The first-order chi connectivity index (χ1) is 17.0. The van der Waals surface area contributed by atoms with Gasteiger partial charge in [0.1, 0.15) is 22.7 Å². The highest BCUT2D eigenvalue weighted by Gasteiger charge is 2.48. The highest BCUT2D eigenvalue weighted by atomic mass is 35.5. The summed E-state index contributed by atoms with van der Waals surface area (Å²) in [5.74, 6) is 0.858. The topological polar surface area (TPSA) is 96.5 Å². The minimum atomic E-state index is -0.859. The van der Waals surface area contributed by atoms with Crippen molar-refractivity contribution >= 4 is 45.7 Å². The van der Waals surface area contributed by atoms with E-state index in [2.05, 4.69) is 15.3 Å². The first-order valence-electron chi connectivity index (χ1n) is 11.2. The molecule has 2 aromatic heterocycles. The maximum Gasteiger partial charge on any atom is 0.255 e. The number of para-hydroxylation sites is 1. The van der Waals surface area contributed by atoms with Gasteiger partial charge in [0.05, 0.1) is 40.2 Å². The van der Waals surface area contributed by atoms with Gasteiger partial charge in [-0.25, -0.2) is 4.98 Å². The number of benzene rings is 2. The van der Waals surface area contributed by atoms with Crippen molar-refractivity contribution in [1.82, 2.24) is 9.97 Å². The average Bonchev–Trinajstić information content (AvgIpc) is 3.51. The van der Waals surface area contributed by atoms with Crippen molar-refractivity contribution in [3.63, 3.8) is 0 Å². The van der Waals surface area contributed by atoms with E-state index in [1.54, 1.807) is 42.5 Å². The molecule has 4 heterocycles. The van der Waals surface area contributed by atoms with Crippen LogP contribution in [-0.2, 0) is 9.53 Å². The Morgan fingerprint density at radius 3 is 2.74 bits per heavy atom. The van der Waals surface area contributed by atoms with E-state index in [0.29, 0.717) is 58.1 Å². The summed E-state index contributed by atoms with van der Waals surface area (Å²) in [6.45, 7) is 0.754. The van der Waals surface area contributed by atoms with Gasteiger partial charge in [-0.3, -0.25) is 9.59 Å². The van der Waals surface area contributed by atoms with E-state index in [1.807, 2.05) is 30.3 Å². The summed E-state index contributed by atoms with van der Waals surface area (Å²) in [6.07, 6.45) is 3.79. The fourth-order valence-electron chi connectivity index (χ4n) is 4.71. The van der Waals surface area contributed by atoms with Crippen LogP contribution < -0.4 is 15.0 Å². The van der Waals surface area contributed by atoms with Crippen molar-refractivity contribution in [3.05, 3.63) is 77.1 Å². The largest absolute Gasteiger partial charge is 0.457 e. The number of halogens is 1. The lowest BCUT2D eigenvalue weighted by atomic mass is 9.92. The zero-order chi connectivity index (χ0) is 24.2. The van der Waals surface area contributed by atoms with E-state index in [4.69, 9.17) is 21.1 Å². The molecule has 176 valence electrons. The molecular formula is C26H21ClN4O4. The molecule has 2 N–H and O–H groups in total. The van der Waals surface area contributed by atoms with Crippen LogP contribution in [0.5, 0.6) is 11.5 Å². The van der Waals surface area contributed by atoms with Gasteiger partial charge in [0, 0.05) is 37.9 Å². The van der Waals surface area contributed by atoms with Crippen LogP contribution in [0.25, 0.3) is 11.0 Å². The van der Waals surface area contributed by atoms with E-state index in [9.17, 15) is 9.59 Å². The Hall–Kier alpha value is -3.88. The normalized spacial score (nSPS) is 19.1. The number of carbonyl (C=O) groups is 2. The molecule has 2 aliphatic rings. The third kappa shape index (κ3) is 3.45. The van der Waals surface area contributed by atoms with Crippen LogP contribution in [0.2, 0.25) is 5.02 Å². The molecule has 2 aliphatic heterocycles. The predicted molar refractivity (Wildman–Crippen MR) is 133 cm³/mol. The molecule has 0 bridgehead atoms. The van der Waals surface area contributed by atoms with E-state index < -0.39 is 5.54 Å². The standard InChI is InChI=1S/C26H21ClN4O4/c1-31-20-13-29-24-21(22(20)30-26(25(31)33)9-10-34-14-26)18(12-28-24)23(32)17-8-7-16(11-19(17)27)35-15-5-3-2-4-6-15/h2-8,11-13,30H,9-10,14H2,1H3,(H,28,29). The SMILES string of the molecule is CN1C(=O)C2(CCOC2)Nc2c1cnc1[nH]cc(C(=O)c3ccc(Oc4ccccc4)cc3Cl)c21. The molecule has 1 fully saturated rings. The number of ether oxygens (including phenoxy) is 2. The van der Waals surface area contributed by atoms with Crippen molar-refractivity contribution < 1.29 is 19.1 Å². The van der Waals surface area contributed by atoms with Gasteiger partial charge in [0.25, 0.3) is 5.91 Å². The molecule has 2 aromatic carbocycles. The second kappa shape index (κ2) is 8.11. The summed E-state index contributed by atoms with van der Waals surface area (Å²) in [7, 11) is 1.71. The van der Waals surface area contributed by atoms with E-state index in [1.165, 1.54) is 0 Å². The fourth-order valence-corrected chi connectivity index (χ4v) is 4.97. The van der Waals surface area contributed by atoms with Gasteiger partial charge < -0.3 is 24.7 Å². The summed E-state index contributed by atoms with van der Waals surface area (Å²) in [5.41, 5.74) is 1.70. The number of H-pyrrole nitrogens is 1. The zero-order valence-electron chi connectivity index (χ0n) is 18.8. The molecule has 1 unspecified atom stereocenters. The number of nitrogens with one attached hydrogen (secondary N) is 2. The molecule has 1 saturated heterocycles. The molecule has 1 spiro atoms. The maximum absolute atomic E-state index is 13.7. The number of ketones is 1. The smallest absolute Gasteiger partial charge is 0.255 e. The van der Waals surface area contributed by atoms with E-state index in [-0.39, 0.29) is 23.3 Å². The van der Waals surface area contributed by atoms with Crippen molar-refractivity contribution in [1.29, 1.82) is 0 Å². The summed E-state index contributed by atoms with van der Waals surface area (Å²) >= 11 is 6.53. The molecule has 0 radical (unpaired) electrons. The van der Waals surface area contributed by atoms with Gasteiger partial charge in [-0.2, -0.15) is 0 Å². The van der Waals surface area contributed by atoms with Crippen LogP contribution in [0, 0.1) is 0 Å². The third-order valence-electron chi connectivity index (χ3n) is 6.55. The number of amides is 1. The molecule has 4 aromatic rings. The Bertz CT molecular complexity index is 1480. The fraction of sp³-hybridized carbons (Fsp3) is 0.192. The molecule has 6 rings (SSSR count). The quantitative estimate of drug-likeness (QED) is 0.401. The number of carbonyl (C=O) groups excluding carboxylic acids is 2. The van der Waals surface area contributed by atoms with Crippen LogP contribution in [0.4, 0.5) is 11.4 Å². The molecule has 1 atom stereocenters. The molecular weight excluding hydrogens is 468 g/mol. The summed E-state index contributed by atoms with van der Waals surface area (Å²) in [5, 5.41) is 4.28. The van der Waals surface area contributed by atoms with Crippen molar-refractivity contribution in [2.75, 3.05) is 30.5 Å². The Balaban J connectivity index is 1.40. The molecule has 8 nitrogen and oxygen atoms in total. The first-order valence-corrected chi connectivity index (χ1v) is 11.6. The second-order valence-corrected chi connectivity index (χ2v) is 9.11. The lowest BCUT2D eigenvalue weighted by Gasteiger charge is -2.39. The number of pyridine rings is 1. The summed E-state index contributed by atoms with van der Waals surface area (Å²) in [6, 6.07) is 14.3. The number of likely N-dealkylation sites (N-methyl/N-ethyl adjacent to an activating group) is 1. The molecule has 1 amide bonds. The van der Waals surface area contributed by atoms with Gasteiger partial charge in [-0.1, -0.05) is 29.8 Å². The number of rotatable bonds is 4. The summed E-state index contributed by atoms with van der Waals surface area (Å²) < 4.78 is 11.4. The highest BCUT2D eigenvalue weighted by molar-refractivity contribution is 6.36. The Kier molecular flexibility index (Phi) is 5.01. The molecule has 0 aliphatic carbocycles. The molecule has 0 saturated carbocycles. The predicted octanol–water partition coefficient (Wildman–Crippen LogP) is 4.79. The van der Waals surface area contributed by atoms with Gasteiger partial charge in [-0.15, -0.1) is 0 Å². The highest BCUT2D eigenvalue weighted by Crippen LogP contribution is 2.43. The number of aromatic nitrogens is 2. The summed E-state index contributed by atoms with van der Waals surface area (Å²) in [4.78, 5) is 35.8. The van der Waals surface area contributed by atoms with Gasteiger partial charge in [0.2, 0.25) is 0 Å². The van der Waals surface area contributed by atoms with Crippen LogP contribution in [0.3, 0.4) is 0 Å². The Labute approximate surface area is 205 Å².